The fourth-order valence-corrected chi connectivity index (χ4v) is 1.17. The highest BCUT2D eigenvalue weighted by Crippen LogP contribution is 2.06. The van der Waals surface area contributed by atoms with Crippen LogP contribution in [0, 0.1) is 10.1 Å². The Balaban J connectivity index is 0.000000331. The van der Waals surface area contributed by atoms with Crippen LogP contribution in [0.4, 0.5) is 0 Å². The van der Waals surface area contributed by atoms with E-state index < -0.39 is 17.0 Å². The van der Waals surface area contributed by atoms with E-state index >= 15 is 0 Å². The summed E-state index contributed by atoms with van der Waals surface area (Å²) in [5.41, 5.74) is 0. The highest BCUT2D eigenvalue weighted by atomic mass is 17.0. The summed E-state index contributed by atoms with van der Waals surface area (Å²) in [7, 11) is 0. The van der Waals surface area contributed by atoms with E-state index in [1.165, 1.54) is 0 Å². The van der Waals surface area contributed by atoms with Gasteiger partial charge in [-0.2, -0.15) is 0 Å². The SMILES string of the molecule is O=C(O)C=CC(=O)O.O=[N+]([O-])OC1CCNCC1. The zero-order chi connectivity index (χ0) is 14.0. The lowest BCUT2D eigenvalue weighted by atomic mass is 10.1. The number of aliphatic carboxylic acids is 2. The lowest BCUT2D eigenvalue weighted by Gasteiger charge is -2.19. The predicted octanol–water partition coefficient (Wildman–Crippen LogP) is -0.341. The van der Waals surface area contributed by atoms with Crippen molar-refractivity contribution in [2.75, 3.05) is 13.1 Å². The van der Waals surface area contributed by atoms with Gasteiger partial charge >= 0.3 is 11.9 Å². The highest BCUT2D eigenvalue weighted by molar-refractivity contribution is 5.89. The second kappa shape index (κ2) is 8.93. The van der Waals surface area contributed by atoms with Gasteiger partial charge in [0.2, 0.25) is 0 Å². The number of carboxylic acid groups (broad SMARTS) is 2. The van der Waals surface area contributed by atoms with Crippen LogP contribution in [-0.2, 0) is 14.4 Å². The molecule has 0 atom stereocenters. The largest absolute Gasteiger partial charge is 0.478 e. The number of carboxylic acids is 2. The van der Waals surface area contributed by atoms with Crippen molar-refractivity contribution in [1.29, 1.82) is 0 Å². The second-order valence-electron chi connectivity index (χ2n) is 3.29. The average Bonchev–Trinajstić information content (AvgIpc) is 2.28. The monoisotopic (exact) mass is 262 g/mol. The third-order valence-corrected chi connectivity index (χ3v) is 1.89. The van der Waals surface area contributed by atoms with Crippen molar-refractivity contribution >= 4 is 11.9 Å². The van der Waals surface area contributed by atoms with Gasteiger partial charge in [-0.1, -0.05) is 0 Å². The van der Waals surface area contributed by atoms with Crippen LogP contribution in [0.2, 0.25) is 0 Å². The maximum absolute atomic E-state index is 9.83. The minimum atomic E-state index is -1.26. The van der Waals surface area contributed by atoms with Gasteiger partial charge in [-0.3, -0.25) is 0 Å². The molecule has 1 heterocycles. The molecule has 1 saturated heterocycles. The molecule has 1 aliphatic heterocycles. The molecule has 18 heavy (non-hydrogen) atoms. The number of rotatable bonds is 4. The number of carbonyl (C=O) groups is 2. The van der Waals surface area contributed by atoms with Gasteiger partial charge in [0.15, 0.2) is 0 Å². The number of nitrogens with one attached hydrogen (secondary N) is 1. The normalized spacial score (nSPS) is 15.6. The molecule has 0 aromatic heterocycles. The molecule has 9 nitrogen and oxygen atoms in total. The standard InChI is InChI=1S/C5H10N2O3.C4H4O4/c8-7(9)10-5-1-3-6-4-2-5;5-3(6)1-2-4(7)8/h5-6H,1-4H2;1-2H,(H,5,6)(H,7,8). The van der Waals surface area contributed by atoms with Gasteiger partial charge in [0.25, 0.3) is 5.09 Å². The lowest BCUT2D eigenvalue weighted by molar-refractivity contribution is -0.769. The van der Waals surface area contributed by atoms with Crippen LogP contribution in [0.15, 0.2) is 12.2 Å². The van der Waals surface area contributed by atoms with Gasteiger partial charge in [-0.15, -0.1) is 10.1 Å². The van der Waals surface area contributed by atoms with E-state index in [2.05, 4.69) is 10.2 Å². The number of nitrogens with zero attached hydrogens (tertiary/aromatic N) is 1. The Morgan fingerprint density at radius 2 is 1.67 bits per heavy atom. The van der Waals surface area contributed by atoms with Gasteiger partial charge in [-0.25, -0.2) is 9.59 Å². The molecule has 0 bridgehead atoms. The summed E-state index contributed by atoms with van der Waals surface area (Å²) < 4.78 is 0. The summed E-state index contributed by atoms with van der Waals surface area (Å²) in [6.07, 6.45) is 2.41. The molecule has 0 amide bonds. The predicted molar refractivity (Wildman–Crippen MR) is 58.4 cm³/mol. The van der Waals surface area contributed by atoms with Crippen molar-refractivity contribution in [2.24, 2.45) is 0 Å². The maximum Gasteiger partial charge on any atom is 0.328 e. The van der Waals surface area contributed by atoms with Gasteiger partial charge in [0.1, 0.15) is 6.10 Å². The maximum atomic E-state index is 9.83. The first kappa shape index (κ1) is 15.8. The van der Waals surface area contributed by atoms with E-state index in [0.717, 1.165) is 25.9 Å². The fourth-order valence-electron chi connectivity index (χ4n) is 1.17. The molecule has 0 radical (unpaired) electrons. The van der Waals surface area contributed by atoms with Gasteiger partial charge < -0.3 is 20.4 Å². The minimum absolute atomic E-state index is 0.184. The second-order valence-corrected chi connectivity index (χ2v) is 3.29. The van der Waals surface area contributed by atoms with Crippen LogP contribution in [0.5, 0.6) is 0 Å². The van der Waals surface area contributed by atoms with Crippen molar-refractivity contribution in [3.8, 4) is 0 Å². The Kier molecular flexibility index (Phi) is 7.86. The van der Waals surface area contributed by atoms with Crippen LogP contribution in [-0.4, -0.2) is 46.4 Å². The third-order valence-electron chi connectivity index (χ3n) is 1.89. The smallest absolute Gasteiger partial charge is 0.328 e. The Morgan fingerprint density at radius 1 is 1.22 bits per heavy atom. The third kappa shape index (κ3) is 10.4. The van der Waals surface area contributed by atoms with Crippen LogP contribution in [0.3, 0.4) is 0 Å². The molecule has 0 aliphatic carbocycles. The van der Waals surface area contributed by atoms with Crippen molar-refractivity contribution in [2.45, 2.75) is 18.9 Å². The molecular weight excluding hydrogens is 248 g/mol. The van der Waals surface area contributed by atoms with E-state index in [1.54, 1.807) is 0 Å². The molecule has 1 rings (SSSR count). The number of piperidine rings is 1. The van der Waals surface area contributed by atoms with Crippen LogP contribution in [0.25, 0.3) is 0 Å². The van der Waals surface area contributed by atoms with Crippen LogP contribution < -0.4 is 5.32 Å². The molecule has 1 fully saturated rings. The summed E-state index contributed by atoms with van der Waals surface area (Å²) in [6, 6.07) is 0. The summed E-state index contributed by atoms with van der Waals surface area (Å²) >= 11 is 0. The van der Waals surface area contributed by atoms with Gasteiger partial charge in [-0.05, 0) is 25.9 Å². The molecule has 1 aliphatic rings. The molecule has 9 heteroatoms. The van der Waals surface area contributed by atoms with Crippen molar-refractivity contribution in [1.82, 2.24) is 5.32 Å². The first-order chi connectivity index (χ1) is 8.41. The number of hydrogen-bond donors (Lipinski definition) is 3. The Labute approximate surface area is 102 Å². The van der Waals surface area contributed by atoms with E-state index in [4.69, 9.17) is 10.2 Å². The van der Waals surface area contributed by atoms with Gasteiger partial charge in [0, 0.05) is 12.2 Å². The number of hydrogen-bond acceptors (Lipinski definition) is 6. The summed E-state index contributed by atoms with van der Waals surface area (Å²) in [5, 5.41) is 27.8. The van der Waals surface area contributed by atoms with Crippen LogP contribution in [0.1, 0.15) is 12.8 Å². The molecule has 0 aromatic carbocycles. The Morgan fingerprint density at radius 3 is 2.00 bits per heavy atom. The first-order valence-corrected chi connectivity index (χ1v) is 5.07. The van der Waals surface area contributed by atoms with Gasteiger partial charge in [0.05, 0.1) is 0 Å². The van der Waals surface area contributed by atoms with E-state index in [-0.39, 0.29) is 6.10 Å². The highest BCUT2D eigenvalue weighted by Gasteiger charge is 2.15. The zero-order valence-electron chi connectivity index (χ0n) is 9.44. The van der Waals surface area contributed by atoms with Crippen molar-refractivity contribution in [3.05, 3.63) is 22.3 Å². The summed E-state index contributed by atoms with van der Waals surface area (Å²) in [4.78, 5) is 33.3. The molecule has 0 spiro atoms. The minimum Gasteiger partial charge on any atom is -0.478 e. The molecular formula is C9H14N2O7. The molecule has 0 unspecified atom stereocenters. The first-order valence-electron chi connectivity index (χ1n) is 5.07. The van der Waals surface area contributed by atoms with E-state index in [0.29, 0.717) is 12.2 Å². The van der Waals surface area contributed by atoms with E-state index in [9.17, 15) is 19.7 Å². The van der Waals surface area contributed by atoms with Crippen molar-refractivity contribution in [3.63, 3.8) is 0 Å². The van der Waals surface area contributed by atoms with E-state index in [1.807, 2.05) is 0 Å². The molecule has 0 aromatic rings. The lowest BCUT2D eigenvalue weighted by Crippen LogP contribution is -2.33. The Bertz CT molecular complexity index is 307. The average molecular weight is 262 g/mol. The topological polar surface area (TPSA) is 139 Å². The molecule has 102 valence electrons. The molecule has 3 N–H and O–H groups in total. The zero-order valence-corrected chi connectivity index (χ0v) is 9.44. The Hall–Kier alpha value is -2.16. The summed E-state index contributed by atoms with van der Waals surface area (Å²) in [5.74, 6) is -2.51. The fraction of sp³-hybridized carbons (Fsp3) is 0.556. The summed E-state index contributed by atoms with van der Waals surface area (Å²) in [6.45, 7) is 1.64. The molecule has 0 saturated carbocycles. The van der Waals surface area contributed by atoms with Crippen LogP contribution >= 0.6 is 0 Å². The van der Waals surface area contributed by atoms with Crippen molar-refractivity contribution < 1.29 is 29.7 Å². The quantitative estimate of drug-likeness (QED) is 0.355.